The number of aliphatic hydroxyl groups is 1. The van der Waals surface area contributed by atoms with Crippen molar-refractivity contribution in [1.82, 2.24) is 9.55 Å². The number of hydrogen-bond acceptors (Lipinski definition) is 2. The fourth-order valence-electron chi connectivity index (χ4n) is 1.07. The first kappa shape index (κ1) is 10.4. The lowest BCUT2D eigenvalue weighted by molar-refractivity contribution is -0.0333. The van der Waals surface area contributed by atoms with E-state index in [0.29, 0.717) is 0 Å². The molecule has 0 aliphatic heterocycles. The third-order valence-electron chi connectivity index (χ3n) is 1.66. The molecule has 1 rings (SSSR count). The minimum absolute atomic E-state index is 0.221. The minimum Gasteiger partial charge on any atom is -0.396 e. The monoisotopic (exact) mass is 210 g/mol. The molecular formula is C7H9ClF2N2O. The Kier molecular flexibility index (Phi) is 2.87. The van der Waals surface area contributed by atoms with Gasteiger partial charge in [0.2, 0.25) is 0 Å². The number of alkyl halides is 2. The summed E-state index contributed by atoms with van der Waals surface area (Å²) < 4.78 is 27.6. The Hall–Kier alpha value is -0.680. The van der Waals surface area contributed by atoms with Crippen LogP contribution in [0.2, 0.25) is 5.15 Å². The van der Waals surface area contributed by atoms with Gasteiger partial charge >= 0.3 is 0 Å². The van der Waals surface area contributed by atoms with E-state index in [9.17, 15) is 8.78 Å². The first-order chi connectivity index (χ1) is 5.99. The topological polar surface area (TPSA) is 38.0 Å². The number of imidazole rings is 1. The molecule has 0 saturated carbocycles. The largest absolute Gasteiger partial charge is 0.396 e. The van der Waals surface area contributed by atoms with Crippen LogP contribution in [0.5, 0.6) is 0 Å². The molecular weight excluding hydrogens is 202 g/mol. The van der Waals surface area contributed by atoms with Crippen LogP contribution >= 0.6 is 11.6 Å². The van der Waals surface area contributed by atoms with E-state index < -0.39 is 19.0 Å². The van der Waals surface area contributed by atoms with E-state index in [-0.39, 0.29) is 10.8 Å². The lowest BCUT2D eigenvalue weighted by atomic mass is 10.2. The fourth-order valence-corrected chi connectivity index (χ4v) is 1.38. The summed E-state index contributed by atoms with van der Waals surface area (Å²) in [5.74, 6) is -3.13. The molecule has 0 saturated heterocycles. The summed E-state index contributed by atoms with van der Waals surface area (Å²) in [5, 5.41) is 8.21. The van der Waals surface area contributed by atoms with Crippen molar-refractivity contribution in [1.29, 1.82) is 0 Å². The maximum Gasteiger partial charge on any atom is 0.293 e. The number of aliphatic hydroxyl groups excluding tert-OH is 1. The van der Waals surface area contributed by atoms with E-state index in [0.717, 1.165) is 4.57 Å². The lowest BCUT2D eigenvalue weighted by Crippen LogP contribution is -2.19. The van der Waals surface area contributed by atoms with Crippen molar-refractivity contribution >= 4 is 11.6 Å². The average Bonchev–Trinajstić information content (AvgIpc) is 2.31. The molecule has 0 unspecified atom stereocenters. The number of rotatable bonds is 3. The molecule has 74 valence electrons. The highest BCUT2D eigenvalue weighted by atomic mass is 35.5. The van der Waals surface area contributed by atoms with Crippen molar-refractivity contribution in [3.63, 3.8) is 0 Å². The van der Waals surface area contributed by atoms with Crippen LogP contribution in [0.25, 0.3) is 0 Å². The summed E-state index contributed by atoms with van der Waals surface area (Å²) in [6.07, 6.45) is 0.565. The smallest absolute Gasteiger partial charge is 0.293 e. The Morgan fingerprint density at radius 3 is 2.69 bits per heavy atom. The highest BCUT2D eigenvalue weighted by molar-refractivity contribution is 6.30. The third-order valence-corrected chi connectivity index (χ3v) is 1.94. The molecule has 0 radical (unpaired) electrons. The Bertz CT molecular complexity index is 281. The second-order valence-electron chi connectivity index (χ2n) is 2.67. The van der Waals surface area contributed by atoms with Crippen LogP contribution in [0.1, 0.15) is 12.1 Å². The number of nitrogens with zero attached hydrogens (tertiary/aromatic N) is 2. The van der Waals surface area contributed by atoms with E-state index in [1.54, 1.807) is 0 Å². The van der Waals surface area contributed by atoms with Gasteiger partial charge in [0.05, 0.1) is 6.33 Å². The molecule has 1 heterocycles. The molecule has 0 fully saturated rings. The van der Waals surface area contributed by atoms with Gasteiger partial charge < -0.3 is 9.67 Å². The summed E-state index contributed by atoms with van der Waals surface area (Å²) in [6.45, 7) is -0.589. The van der Waals surface area contributed by atoms with Crippen LogP contribution in [0.15, 0.2) is 6.33 Å². The van der Waals surface area contributed by atoms with Gasteiger partial charge in [-0.2, -0.15) is 8.78 Å². The molecule has 1 aromatic rings. The lowest BCUT2D eigenvalue weighted by Gasteiger charge is -2.15. The first-order valence-corrected chi connectivity index (χ1v) is 4.03. The Morgan fingerprint density at radius 2 is 2.31 bits per heavy atom. The van der Waals surface area contributed by atoms with Gasteiger partial charge in [0.15, 0.2) is 5.15 Å². The van der Waals surface area contributed by atoms with Crippen LogP contribution in [0, 0.1) is 0 Å². The zero-order chi connectivity index (χ0) is 10.1. The maximum atomic E-state index is 13.2. The zero-order valence-corrected chi connectivity index (χ0v) is 7.72. The van der Waals surface area contributed by atoms with Gasteiger partial charge in [0.25, 0.3) is 5.92 Å². The number of halogens is 3. The van der Waals surface area contributed by atoms with Gasteiger partial charge in [-0.05, 0) is 0 Å². The quantitative estimate of drug-likeness (QED) is 0.822. The van der Waals surface area contributed by atoms with Crippen molar-refractivity contribution in [2.75, 3.05) is 6.61 Å². The van der Waals surface area contributed by atoms with E-state index in [1.807, 2.05) is 0 Å². The van der Waals surface area contributed by atoms with Gasteiger partial charge in [-0.15, -0.1) is 0 Å². The third kappa shape index (κ3) is 1.97. The van der Waals surface area contributed by atoms with Crippen LogP contribution < -0.4 is 0 Å². The fraction of sp³-hybridized carbons (Fsp3) is 0.571. The SMILES string of the molecule is Cn1cnc(Cl)c1C(F)(F)CCO. The average molecular weight is 211 g/mol. The number of aryl methyl sites for hydroxylation is 1. The molecule has 1 N–H and O–H groups in total. The van der Waals surface area contributed by atoms with E-state index in [2.05, 4.69) is 4.98 Å². The van der Waals surface area contributed by atoms with E-state index in [1.165, 1.54) is 13.4 Å². The minimum atomic E-state index is -3.13. The van der Waals surface area contributed by atoms with Gasteiger partial charge in [0, 0.05) is 20.1 Å². The van der Waals surface area contributed by atoms with Crippen LogP contribution in [-0.4, -0.2) is 21.3 Å². The van der Waals surface area contributed by atoms with E-state index in [4.69, 9.17) is 16.7 Å². The predicted molar refractivity (Wildman–Crippen MR) is 43.8 cm³/mol. The summed E-state index contributed by atoms with van der Waals surface area (Å²) in [7, 11) is 1.43. The van der Waals surface area contributed by atoms with Crippen molar-refractivity contribution in [2.24, 2.45) is 7.05 Å². The Balaban J connectivity index is 3.05. The number of aromatic nitrogens is 2. The van der Waals surface area contributed by atoms with E-state index >= 15 is 0 Å². The molecule has 6 heteroatoms. The van der Waals surface area contributed by atoms with Gasteiger partial charge in [-0.3, -0.25) is 0 Å². The molecule has 0 aromatic carbocycles. The number of hydrogen-bond donors (Lipinski definition) is 1. The van der Waals surface area contributed by atoms with Crippen molar-refractivity contribution in [3.8, 4) is 0 Å². The van der Waals surface area contributed by atoms with Crippen molar-refractivity contribution in [2.45, 2.75) is 12.3 Å². The van der Waals surface area contributed by atoms with Crippen molar-refractivity contribution < 1.29 is 13.9 Å². The molecule has 1 aromatic heterocycles. The second kappa shape index (κ2) is 3.59. The van der Waals surface area contributed by atoms with Gasteiger partial charge in [-0.1, -0.05) is 11.6 Å². The highest BCUT2D eigenvalue weighted by Crippen LogP contribution is 2.34. The standard InChI is InChI=1S/C7H9ClF2N2O/c1-12-4-11-6(8)5(12)7(9,10)2-3-13/h4,13H,2-3H2,1H3. The van der Waals surface area contributed by atoms with Gasteiger partial charge in [0.1, 0.15) is 5.69 Å². The maximum absolute atomic E-state index is 13.2. The van der Waals surface area contributed by atoms with Crippen LogP contribution in [0.3, 0.4) is 0 Å². The van der Waals surface area contributed by atoms with Gasteiger partial charge in [-0.25, -0.2) is 4.98 Å². The molecule has 0 aliphatic carbocycles. The zero-order valence-electron chi connectivity index (χ0n) is 6.97. The molecule has 0 bridgehead atoms. The van der Waals surface area contributed by atoms with Crippen LogP contribution in [-0.2, 0) is 13.0 Å². The Morgan fingerprint density at radius 1 is 1.69 bits per heavy atom. The molecule has 0 aliphatic rings. The second-order valence-corrected chi connectivity index (χ2v) is 3.03. The molecule has 0 spiro atoms. The highest BCUT2D eigenvalue weighted by Gasteiger charge is 2.36. The summed E-state index contributed by atoms with van der Waals surface area (Å²) >= 11 is 5.47. The Labute approximate surface area is 79.0 Å². The first-order valence-electron chi connectivity index (χ1n) is 3.65. The molecule has 0 atom stereocenters. The predicted octanol–water partition coefficient (Wildman–Crippen LogP) is 1.55. The summed E-state index contributed by atoms with van der Waals surface area (Å²) in [5.41, 5.74) is -0.358. The molecule has 3 nitrogen and oxygen atoms in total. The molecule has 13 heavy (non-hydrogen) atoms. The van der Waals surface area contributed by atoms with Crippen molar-refractivity contribution in [3.05, 3.63) is 17.2 Å². The van der Waals surface area contributed by atoms with Crippen LogP contribution in [0.4, 0.5) is 8.78 Å². The normalized spacial score (nSPS) is 12.1. The molecule has 0 amide bonds. The summed E-state index contributed by atoms with van der Waals surface area (Å²) in [4.78, 5) is 3.53. The summed E-state index contributed by atoms with van der Waals surface area (Å²) in [6, 6.07) is 0.